The van der Waals surface area contributed by atoms with Gasteiger partial charge in [0.25, 0.3) is 0 Å². The van der Waals surface area contributed by atoms with E-state index in [-0.39, 0.29) is 17.9 Å². The van der Waals surface area contributed by atoms with E-state index in [2.05, 4.69) is 15.9 Å². The van der Waals surface area contributed by atoms with Gasteiger partial charge in [-0.1, -0.05) is 29.8 Å². The van der Waals surface area contributed by atoms with E-state index in [9.17, 15) is 4.79 Å². The Balaban J connectivity index is 2.19. The van der Waals surface area contributed by atoms with E-state index in [0.29, 0.717) is 31.1 Å². The minimum atomic E-state index is -0.812. The van der Waals surface area contributed by atoms with Gasteiger partial charge in [0, 0.05) is 10.5 Å². The maximum Gasteiger partial charge on any atom is 0.303 e. The number of rotatable bonds is 5. The first-order valence-corrected chi connectivity index (χ1v) is 7.64. The highest BCUT2D eigenvalue weighted by Gasteiger charge is 2.27. The number of aliphatic carboxylic acids is 1. The molecule has 3 N–H and O–H groups in total. The molecule has 116 valence electrons. The second kappa shape index (κ2) is 6.23. The van der Waals surface area contributed by atoms with Crippen LogP contribution in [-0.4, -0.2) is 24.3 Å². The topological polar surface area (TPSA) is 81.8 Å². The maximum absolute atomic E-state index is 10.9. The van der Waals surface area contributed by atoms with Gasteiger partial charge >= 0.3 is 5.97 Å². The van der Waals surface area contributed by atoms with Gasteiger partial charge in [0.2, 0.25) is 0 Å². The normalized spacial score (nSPS) is 15.6. The Hall–Kier alpha value is -1.27. The zero-order valence-electron chi connectivity index (χ0n) is 12.2. The molecule has 0 spiro atoms. The lowest BCUT2D eigenvalue weighted by molar-refractivity contribution is -0.139. The summed E-state index contributed by atoms with van der Waals surface area (Å²) in [4.78, 5) is 10.9. The molecule has 21 heavy (non-hydrogen) atoms. The summed E-state index contributed by atoms with van der Waals surface area (Å²) in [5.41, 5.74) is 6.80. The van der Waals surface area contributed by atoms with Crippen molar-refractivity contribution in [1.82, 2.24) is 0 Å². The molecule has 1 aromatic carbocycles. The summed E-state index contributed by atoms with van der Waals surface area (Å²) in [5, 5.41) is 8.96. The number of carboxylic acid groups (broad SMARTS) is 1. The lowest BCUT2D eigenvalue weighted by atomic mass is 9.81. The molecule has 2 rings (SSSR count). The van der Waals surface area contributed by atoms with Gasteiger partial charge in [-0.25, -0.2) is 0 Å². The van der Waals surface area contributed by atoms with Crippen molar-refractivity contribution in [3.05, 3.63) is 22.2 Å². The molecular weight excluding hydrogens is 338 g/mol. The van der Waals surface area contributed by atoms with Crippen LogP contribution in [0.15, 0.2) is 16.6 Å². The highest BCUT2D eigenvalue weighted by molar-refractivity contribution is 9.10. The van der Waals surface area contributed by atoms with E-state index < -0.39 is 5.97 Å². The number of hydrogen-bond acceptors (Lipinski definition) is 4. The van der Waals surface area contributed by atoms with Gasteiger partial charge in [0.15, 0.2) is 11.5 Å². The lowest BCUT2D eigenvalue weighted by Gasteiger charge is -2.28. The van der Waals surface area contributed by atoms with Crippen molar-refractivity contribution in [2.24, 2.45) is 11.1 Å². The second-order valence-corrected chi connectivity index (χ2v) is 6.92. The van der Waals surface area contributed by atoms with Crippen molar-refractivity contribution in [1.29, 1.82) is 0 Å². The van der Waals surface area contributed by atoms with Crippen LogP contribution < -0.4 is 15.2 Å². The number of benzene rings is 1. The fraction of sp³-hybridized carbons (Fsp3) is 0.533. The molecule has 0 bridgehead atoms. The average Bonchev–Trinajstić information content (AvgIpc) is 2.35. The first-order chi connectivity index (χ1) is 9.78. The van der Waals surface area contributed by atoms with Crippen LogP contribution in [0.4, 0.5) is 0 Å². The molecule has 0 fully saturated rings. The first-order valence-electron chi connectivity index (χ1n) is 6.85. The van der Waals surface area contributed by atoms with Crippen molar-refractivity contribution in [2.45, 2.75) is 32.7 Å². The molecule has 5 nitrogen and oxygen atoms in total. The number of halogens is 1. The number of carbonyl (C=O) groups is 1. The molecule has 0 aromatic heterocycles. The van der Waals surface area contributed by atoms with Gasteiger partial charge in [0.05, 0.1) is 6.42 Å². The van der Waals surface area contributed by atoms with Crippen LogP contribution in [0, 0.1) is 5.41 Å². The van der Waals surface area contributed by atoms with Crippen LogP contribution in [0.5, 0.6) is 11.5 Å². The zero-order valence-corrected chi connectivity index (χ0v) is 13.8. The predicted molar refractivity (Wildman–Crippen MR) is 82.7 cm³/mol. The fourth-order valence-electron chi connectivity index (χ4n) is 2.55. The minimum Gasteiger partial charge on any atom is -0.486 e. The van der Waals surface area contributed by atoms with Crippen molar-refractivity contribution >= 4 is 21.9 Å². The summed E-state index contributed by atoms with van der Waals surface area (Å²) in [6, 6.07) is 3.46. The maximum atomic E-state index is 10.9. The van der Waals surface area contributed by atoms with E-state index in [1.54, 1.807) is 0 Å². The van der Waals surface area contributed by atoms with Gasteiger partial charge in [-0.2, -0.15) is 0 Å². The summed E-state index contributed by atoms with van der Waals surface area (Å²) < 4.78 is 11.9. The predicted octanol–water partition coefficient (Wildman–Crippen LogP) is 3.11. The van der Waals surface area contributed by atoms with Crippen LogP contribution in [-0.2, 0) is 4.79 Å². The SMILES string of the molecule is CC(C)(CC(=O)O)CC(N)c1cc2c(cc1Br)OCCO2. The molecular formula is C15H20BrNO4. The van der Waals surface area contributed by atoms with Gasteiger partial charge in [-0.05, 0) is 29.5 Å². The van der Waals surface area contributed by atoms with E-state index in [1.165, 1.54) is 0 Å². The molecule has 0 radical (unpaired) electrons. The lowest BCUT2D eigenvalue weighted by Crippen LogP contribution is -2.24. The Morgan fingerprint density at radius 2 is 1.95 bits per heavy atom. The third-order valence-electron chi connectivity index (χ3n) is 3.46. The van der Waals surface area contributed by atoms with Crippen molar-refractivity contribution in [3.63, 3.8) is 0 Å². The Labute approximate surface area is 132 Å². The zero-order chi connectivity index (χ0) is 15.6. The van der Waals surface area contributed by atoms with E-state index in [1.807, 2.05) is 26.0 Å². The molecule has 1 atom stereocenters. The third-order valence-corrected chi connectivity index (χ3v) is 4.15. The fourth-order valence-corrected chi connectivity index (χ4v) is 3.17. The Kier molecular flexibility index (Phi) is 4.78. The molecule has 1 aliphatic rings. The third kappa shape index (κ3) is 4.11. The van der Waals surface area contributed by atoms with Gasteiger partial charge < -0.3 is 20.3 Å². The molecule has 1 heterocycles. The molecule has 1 unspecified atom stereocenters. The van der Waals surface area contributed by atoms with E-state index in [0.717, 1.165) is 10.0 Å². The highest BCUT2D eigenvalue weighted by atomic mass is 79.9. The smallest absolute Gasteiger partial charge is 0.303 e. The van der Waals surface area contributed by atoms with Gasteiger partial charge in [-0.15, -0.1) is 0 Å². The van der Waals surface area contributed by atoms with Gasteiger partial charge in [-0.3, -0.25) is 4.79 Å². The summed E-state index contributed by atoms with van der Waals surface area (Å²) in [7, 11) is 0. The Bertz CT molecular complexity index is 545. The van der Waals surface area contributed by atoms with Crippen LogP contribution in [0.3, 0.4) is 0 Å². The average molecular weight is 358 g/mol. The molecule has 1 aliphatic heterocycles. The number of carboxylic acids is 1. The van der Waals surface area contributed by atoms with Crippen molar-refractivity contribution in [3.8, 4) is 11.5 Å². The number of ether oxygens (including phenoxy) is 2. The Morgan fingerprint density at radius 1 is 1.38 bits per heavy atom. The van der Waals surface area contributed by atoms with Crippen molar-refractivity contribution in [2.75, 3.05) is 13.2 Å². The monoisotopic (exact) mass is 357 g/mol. The van der Waals surface area contributed by atoms with Crippen LogP contribution in [0.25, 0.3) is 0 Å². The molecule has 1 aromatic rings. The summed E-state index contributed by atoms with van der Waals surface area (Å²) in [6.45, 7) is 4.88. The van der Waals surface area contributed by atoms with Crippen LogP contribution in [0.1, 0.15) is 38.3 Å². The Morgan fingerprint density at radius 3 is 2.52 bits per heavy atom. The number of hydrogen-bond donors (Lipinski definition) is 2. The molecule has 0 aliphatic carbocycles. The van der Waals surface area contributed by atoms with Crippen molar-refractivity contribution < 1.29 is 19.4 Å². The summed E-state index contributed by atoms with van der Waals surface area (Å²) in [5.74, 6) is 0.577. The highest BCUT2D eigenvalue weighted by Crippen LogP contribution is 2.40. The van der Waals surface area contributed by atoms with Crippen LogP contribution >= 0.6 is 15.9 Å². The standard InChI is InChI=1S/C15H20BrNO4/c1-15(2,8-14(18)19)7-11(17)9-5-12-13(6-10(9)16)21-4-3-20-12/h5-6,11H,3-4,7-8,17H2,1-2H3,(H,18,19). The molecule has 0 saturated heterocycles. The van der Waals surface area contributed by atoms with E-state index in [4.69, 9.17) is 20.3 Å². The number of nitrogens with two attached hydrogens (primary N) is 1. The molecule has 0 amide bonds. The molecule has 6 heteroatoms. The minimum absolute atomic E-state index is 0.0862. The largest absolute Gasteiger partial charge is 0.486 e. The number of fused-ring (bicyclic) bond motifs is 1. The molecule has 0 saturated carbocycles. The van der Waals surface area contributed by atoms with Crippen LogP contribution in [0.2, 0.25) is 0 Å². The van der Waals surface area contributed by atoms with E-state index >= 15 is 0 Å². The quantitative estimate of drug-likeness (QED) is 0.845. The van der Waals surface area contributed by atoms with Gasteiger partial charge in [0.1, 0.15) is 13.2 Å². The summed E-state index contributed by atoms with van der Waals surface area (Å²) >= 11 is 3.50. The first kappa shape index (κ1) is 16.1. The second-order valence-electron chi connectivity index (χ2n) is 6.06. The summed E-state index contributed by atoms with van der Waals surface area (Å²) in [6.07, 6.45) is 0.653.